The molecule has 2 aromatic heterocycles. The van der Waals surface area contributed by atoms with Gasteiger partial charge >= 0.3 is 0 Å². The predicted molar refractivity (Wildman–Crippen MR) is 77.9 cm³/mol. The van der Waals surface area contributed by atoms with Gasteiger partial charge in [0.2, 0.25) is 0 Å². The second-order valence-electron chi connectivity index (χ2n) is 4.36. The van der Waals surface area contributed by atoms with Crippen molar-refractivity contribution in [3.63, 3.8) is 0 Å². The summed E-state index contributed by atoms with van der Waals surface area (Å²) in [5.74, 6) is 0.582. The van der Waals surface area contributed by atoms with E-state index in [-0.39, 0.29) is 0 Å². The summed E-state index contributed by atoms with van der Waals surface area (Å²) in [6, 6.07) is 4.39. The molecule has 2 N–H and O–H groups in total. The van der Waals surface area contributed by atoms with E-state index in [9.17, 15) is 0 Å². The van der Waals surface area contributed by atoms with Crippen molar-refractivity contribution in [3.05, 3.63) is 24.5 Å². The monoisotopic (exact) mass is 262 g/mol. The lowest BCUT2D eigenvalue weighted by molar-refractivity contribution is 0.668. The smallest absolute Gasteiger partial charge is 0.147 e. The van der Waals surface area contributed by atoms with Crippen LogP contribution in [-0.4, -0.2) is 22.4 Å². The van der Waals surface area contributed by atoms with Gasteiger partial charge < -0.3 is 10.6 Å². The van der Waals surface area contributed by atoms with Crippen molar-refractivity contribution in [1.29, 1.82) is 0 Å². The average Bonchev–Trinajstić information content (AvgIpc) is 2.79. The molecule has 0 spiro atoms. The van der Waals surface area contributed by atoms with Crippen LogP contribution >= 0.6 is 11.5 Å². The van der Waals surface area contributed by atoms with Crippen LogP contribution in [0.15, 0.2) is 24.5 Å². The van der Waals surface area contributed by atoms with Crippen LogP contribution in [0.25, 0.3) is 11.1 Å². The Labute approximate surface area is 112 Å². The van der Waals surface area contributed by atoms with Crippen LogP contribution in [0.5, 0.6) is 0 Å². The lowest BCUT2D eigenvalue weighted by Crippen LogP contribution is -2.27. The van der Waals surface area contributed by atoms with Crippen LogP contribution in [-0.2, 0) is 0 Å². The van der Waals surface area contributed by atoms with Crippen LogP contribution in [0, 0.1) is 0 Å². The average molecular weight is 262 g/mol. The van der Waals surface area contributed by atoms with Crippen molar-refractivity contribution in [3.8, 4) is 11.1 Å². The van der Waals surface area contributed by atoms with E-state index in [1.807, 2.05) is 18.3 Å². The molecule has 2 heterocycles. The van der Waals surface area contributed by atoms with Crippen LogP contribution in [0.2, 0.25) is 0 Å². The van der Waals surface area contributed by atoms with Crippen molar-refractivity contribution in [2.75, 3.05) is 17.7 Å². The molecule has 1 atom stereocenters. The molecule has 0 aliphatic rings. The third kappa shape index (κ3) is 2.31. The van der Waals surface area contributed by atoms with E-state index >= 15 is 0 Å². The largest absolute Gasteiger partial charge is 0.382 e. The normalized spacial score (nSPS) is 12.4. The molecule has 0 aromatic carbocycles. The van der Waals surface area contributed by atoms with E-state index in [4.69, 9.17) is 5.73 Å². The highest BCUT2D eigenvalue weighted by atomic mass is 32.1. The molecule has 0 aliphatic carbocycles. The molecule has 0 saturated carbocycles. The van der Waals surface area contributed by atoms with Gasteiger partial charge in [-0.15, -0.1) is 0 Å². The van der Waals surface area contributed by atoms with E-state index in [1.54, 1.807) is 6.20 Å². The highest BCUT2D eigenvalue weighted by molar-refractivity contribution is 7.11. The maximum atomic E-state index is 6.00. The summed E-state index contributed by atoms with van der Waals surface area (Å²) in [4.78, 5) is 6.38. The maximum Gasteiger partial charge on any atom is 0.147 e. The Balaban J connectivity index is 2.45. The van der Waals surface area contributed by atoms with Gasteiger partial charge in [0.1, 0.15) is 10.8 Å². The van der Waals surface area contributed by atoms with Gasteiger partial charge in [0.25, 0.3) is 0 Å². The van der Waals surface area contributed by atoms with Crippen molar-refractivity contribution in [2.24, 2.45) is 0 Å². The SMILES string of the molecule is CCC(C)N(C)c1snc(N)c1-c1cccnc1. The van der Waals surface area contributed by atoms with Crippen molar-refractivity contribution < 1.29 is 0 Å². The third-order valence-corrected chi connectivity index (χ3v) is 4.18. The number of nitrogens with zero attached hydrogens (tertiary/aromatic N) is 3. The van der Waals surface area contributed by atoms with E-state index in [0.717, 1.165) is 22.5 Å². The molecule has 96 valence electrons. The zero-order chi connectivity index (χ0) is 13.1. The van der Waals surface area contributed by atoms with E-state index in [0.29, 0.717) is 11.9 Å². The van der Waals surface area contributed by atoms with Gasteiger partial charge in [-0.05, 0) is 30.9 Å². The van der Waals surface area contributed by atoms with Crippen LogP contribution < -0.4 is 10.6 Å². The molecule has 5 heteroatoms. The minimum Gasteiger partial charge on any atom is -0.382 e. The predicted octanol–water partition coefficient (Wildman–Crippen LogP) is 3.02. The first-order valence-corrected chi connectivity index (χ1v) is 6.80. The third-order valence-electron chi connectivity index (χ3n) is 3.22. The summed E-state index contributed by atoms with van der Waals surface area (Å²) in [5, 5.41) is 1.11. The number of nitrogens with two attached hydrogens (primary N) is 1. The Morgan fingerprint density at radius 1 is 1.50 bits per heavy atom. The Morgan fingerprint density at radius 2 is 2.28 bits per heavy atom. The summed E-state index contributed by atoms with van der Waals surface area (Å²) >= 11 is 1.45. The van der Waals surface area contributed by atoms with Gasteiger partial charge in [0.15, 0.2) is 0 Å². The summed E-state index contributed by atoms with van der Waals surface area (Å²) < 4.78 is 4.28. The molecule has 0 bridgehead atoms. The van der Waals surface area contributed by atoms with E-state index in [1.165, 1.54) is 11.5 Å². The molecule has 18 heavy (non-hydrogen) atoms. The summed E-state index contributed by atoms with van der Waals surface area (Å²) in [6.07, 6.45) is 4.67. The van der Waals surface area contributed by atoms with Gasteiger partial charge in [0.05, 0.1) is 5.56 Å². The number of aromatic nitrogens is 2. The van der Waals surface area contributed by atoms with Crippen LogP contribution in [0.1, 0.15) is 20.3 Å². The zero-order valence-corrected chi connectivity index (χ0v) is 11.7. The number of hydrogen-bond acceptors (Lipinski definition) is 5. The topological polar surface area (TPSA) is 55.0 Å². The van der Waals surface area contributed by atoms with Crippen LogP contribution in [0.4, 0.5) is 10.8 Å². The summed E-state index contributed by atoms with van der Waals surface area (Å²) in [5.41, 5.74) is 8.02. The fraction of sp³-hybridized carbons (Fsp3) is 0.385. The molecule has 1 unspecified atom stereocenters. The minimum atomic E-state index is 0.459. The molecule has 0 fully saturated rings. The second kappa shape index (κ2) is 5.35. The fourth-order valence-corrected chi connectivity index (χ4v) is 2.69. The zero-order valence-electron chi connectivity index (χ0n) is 10.9. The Morgan fingerprint density at radius 3 is 2.89 bits per heavy atom. The first-order valence-electron chi connectivity index (χ1n) is 6.03. The van der Waals surface area contributed by atoms with E-state index in [2.05, 4.69) is 35.2 Å². The molecule has 0 radical (unpaired) electrons. The lowest BCUT2D eigenvalue weighted by Gasteiger charge is -2.25. The van der Waals surface area contributed by atoms with Crippen molar-refractivity contribution >= 4 is 22.4 Å². The van der Waals surface area contributed by atoms with Gasteiger partial charge in [-0.2, -0.15) is 4.37 Å². The van der Waals surface area contributed by atoms with Crippen molar-refractivity contribution in [1.82, 2.24) is 9.36 Å². The molecule has 0 amide bonds. The molecule has 0 saturated heterocycles. The fourth-order valence-electron chi connectivity index (χ4n) is 1.79. The van der Waals surface area contributed by atoms with Crippen LogP contribution in [0.3, 0.4) is 0 Å². The highest BCUT2D eigenvalue weighted by Gasteiger charge is 2.19. The first-order chi connectivity index (χ1) is 8.65. The number of rotatable bonds is 4. The first kappa shape index (κ1) is 12.8. The van der Waals surface area contributed by atoms with Gasteiger partial charge in [-0.25, -0.2) is 0 Å². The molecular formula is C13H18N4S. The Kier molecular flexibility index (Phi) is 3.81. The van der Waals surface area contributed by atoms with Gasteiger partial charge in [-0.1, -0.05) is 13.0 Å². The lowest BCUT2D eigenvalue weighted by atomic mass is 10.1. The maximum absolute atomic E-state index is 6.00. The summed E-state index contributed by atoms with van der Waals surface area (Å²) in [6.45, 7) is 4.37. The number of nitrogen functional groups attached to an aromatic ring is 1. The number of anilines is 2. The highest BCUT2D eigenvalue weighted by Crippen LogP contribution is 2.39. The summed E-state index contributed by atoms with van der Waals surface area (Å²) in [7, 11) is 2.08. The van der Waals surface area contributed by atoms with Gasteiger partial charge in [-0.3, -0.25) is 4.98 Å². The molecular weight excluding hydrogens is 244 g/mol. The quantitative estimate of drug-likeness (QED) is 0.920. The number of pyridine rings is 1. The minimum absolute atomic E-state index is 0.459. The van der Waals surface area contributed by atoms with Crippen molar-refractivity contribution in [2.45, 2.75) is 26.3 Å². The Hall–Kier alpha value is -1.62. The molecule has 2 rings (SSSR count). The molecule has 4 nitrogen and oxygen atoms in total. The molecule has 0 aliphatic heterocycles. The standard InChI is InChI=1S/C13H18N4S/c1-4-9(2)17(3)13-11(12(14)16-18-13)10-6-5-7-15-8-10/h5-9H,4H2,1-3H3,(H2,14,16). The van der Waals surface area contributed by atoms with Gasteiger partial charge in [0, 0.05) is 31.0 Å². The Bertz CT molecular complexity index is 509. The number of hydrogen-bond donors (Lipinski definition) is 1. The van der Waals surface area contributed by atoms with E-state index < -0.39 is 0 Å². The molecule has 2 aromatic rings. The second-order valence-corrected chi connectivity index (χ2v) is 5.11.